The van der Waals surface area contributed by atoms with Crippen LogP contribution in [0.4, 0.5) is 0 Å². The second kappa shape index (κ2) is 4.13. The molecular formula is C14H20O3. The van der Waals surface area contributed by atoms with Crippen LogP contribution in [0.25, 0.3) is 0 Å². The molecule has 0 aliphatic carbocycles. The molecule has 2 unspecified atom stereocenters. The number of fused-ring (bicyclic) bond motifs is 2. The van der Waals surface area contributed by atoms with Crippen molar-refractivity contribution >= 4 is 0 Å². The van der Waals surface area contributed by atoms with E-state index < -0.39 is 11.4 Å². The van der Waals surface area contributed by atoms with Gasteiger partial charge in [-0.25, -0.2) is 4.89 Å². The van der Waals surface area contributed by atoms with Crippen molar-refractivity contribution in [2.24, 2.45) is 5.41 Å². The molecule has 0 aromatic heterocycles. The minimum atomic E-state index is -0.764. The topological polar surface area (TPSA) is 27.7 Å². The number of rotatable bonds is 3. The zero-order valence-electron chi connectivity index (χ0n) is 11.0. The molecule has 3 aliphatic heterocycles. The summed E-state index contributed by atoms with van der Waals surface area (Å²) in [5.41, 5.74) is -0.601. The third-order valence-electron chi connectivity index (χ3n) is 3.58. The molecule has 2 atom stereocenters. The fraction of sp³-hybridized carbons (Fsp3) is 0.714. The maximum absolute atomic E-state index is 5.88. The van der Waals surface area contributed by atoms with E-state index in [0.717, 1.165) is 12.8 Å². The van der Waals surface area contributed by atoms with Crippen molar-refractivity contribution in [2.45, 2.75) is 51.9 Å². The lowest BCUT2D eigenvalue weighted by atomic mass is 9.77. The molecular weight excluding hydrogens is 216 g/mol. The quantitative estimate of drug-likeness (QED) is 0.428. The first kappa shape index (κ1) is 12.6. The molecule has 94 valence electrons. The number of hydrogen-bond donors (Lipinski definition) is 0. The van der Waals surface area contributed by atoms with Gasteiger partial charge in [0.1, 0.15) is 5.60 Å². The van der Waals surface area contributed by atoms with E-state index in [9.17, 15) is 0 Å². The van der Waals surface area contributed by atoms with Gasteiger partial charge >= 0.3 is 0 Å². The molecule has 0 N–H and O–H groups in total. The first-order valence-corrected chi connectivity index (χ1v) is 6.04. The van der Waals surface area contributed by atoms with Gasteiger partial charge in [-0.3, -0.25) is 0 Å². The number of hydrogen-bond acceptors (Lipinski definition) is 3. The first-order valence-electron chi connectivity index (χ1n) is 6.04. The molecule has 3 heteroatoms. The Morgan fingerprint density at radius 2 is 2.06 bits per heavy atom. The van der Waals surface area contributed by atoms with E-state index in [4.69, 9.17) is 14.5 Å². The largest absolute Gasteiger partial charge is 0.340 e. The summed E-state index contributed by atoms with van der Waals surface area (Å²) in [4.78, 5) is 10.9. The van der Waals surface area contributed by atoms with Gasteiger partial charge < -0.3 is 4.74 Å². The van der Waals surface area contributed by atoms with Gasteiger partial charge in [0, 0.05) is 11.8 Å². The monoisotopic (exact) mass is 236 g/mol. The Bertz CT molecular complexity index is 376. The van der Waals surface area contributed by atoms with Crippen LogP contribution in [-0.2, 0) is 14.5 Å². The van der Waals surface area contributed by atoms with Gasteiger partial charge in [-0.15, -0.1) is 11.8 Å². The highest BCUT2D eigenvalue weighted by Crippen LogP contribution is 2.47. The Morgan fingerprint density at radius 3 is 2.53 bits per heavy atom. The van der Waals surface area contributed by atoms with E-state index in [1.54, 1.807) is 0 Å². The molecule has 3 heterocycles. The van der Waals surface area contributed by atoms with Crippen molar-refractivity contribution in [3.63, 3.8) is 0 Å². The summed E-state index contributed by atoms with van der Waals surface area (Å²) in [5.74, 6) is 5.22. The van der Waals surface area contributed by atoms with Crippen LogP contribution in [0.15, 0.2) is 12.2 Å². The summed E-state index contributed by atoms with van der Waals surface area (Å²) in [6.07, 6.45) is 5.76. The second-order valence-corrected chi connectivity index (χ2v) is 5.58. The van der Waals surface area contributed by atoms with Crippen molar-refractivity contribution in [3.8, 4) is 11.8 Å². The van der Waals surface area contributed by atoms with E-state index in [1.807, 2.05) is 26.0 Å². The predicted molar refractivity (Wildman–Crippen MR) is 64.9 cm³/mol. The summed E-state index contributed by atoms with van der Waals surface area (Å²) in [7, 11) is 0. The van der Waals surface area contributed by atoms with Crippen LogP contribution >= 0.6 is 0 Å². The Kier molecular flexibility index (Phi) is 3.07. The van der Waals surface area contributed by atoms with Crippen molar-refractivity contribution in [2.75, 3.05) is 6.61 Å². The molecule has 0 aromatic rings. The smallest absolute Gasteiger partial charge is 0.226 e. The van der Waals surface area contributed by atoms with E-state index in [-0.39, 0.29) is 5.41 Å². The zero-order chi connectivity index (χ0) is 12.6. The lowest BCUT2D eigenvalue weighted by Crippen LogP contribution is -2.59. The van der Waals surface area contributed by atoms with Crippen LogP contribution in [0.3, 0.4) is 0 Å². The first-order chi connectivity index (χ1) is 7.93. The van der Waals surface area contributed by atoms with Gasteiger partial charge in [0.15, 0.2) is 0 Å². The molecule has 0 spiro atoms. The van der Waals surface area contributed by atoms with E-state index in [1.165, 1.54) is 0 Å². The Balaban J connectivity index is 2.15. The Hall–Kier alpha value is -0.820. The fourth-order valence-corrected chi connectivity index (χ4v) is 2.10. The van der Waals surface area contributed by atoms with Gasteiger partial charge in [-0.1, -0.05) is 13.8 Å². The van der Waals surface area contributed by atoms with Crippen LogP contribution in [0, 0.1) is 17.3 Å². The summed E-state index contributed by atoms with van der Waals surface area (Å²) in [6, 6.07) is 0. The number of ether oxygens (including phenoxy) is 1. The molecule has 3 rings (SSSR count). The minimum Gasteiger partial charge on any atom is -0.340 e. The Morgan fingerprint density at radius 1 is 1.29 bits per heavy atom. The highest BCUT2D eigenvalue weighted by Gasteiger charge is 2.55. The zero-order valence-corrected chi connectivity index (χ0v) is 11.0. The van der Waals surface area contributed by atoms with E-state index in [0.29, 0.717) is 6.61 Å². The summed E-state index contributed by atoms with van der Waals surface area (Å²) in [6.45, 7) is 8.57. The normalized spacial score (nSPS) is 35.5. The molecule has 3 nitrogen and oxygen atoms in total. The van der Waals surface area contributed by atoms with E-state index >= 15 is 0 Å². The van der Waals surface area contributed by atoms with Gasteiger partial charge in [-0.2, -0.15) is 4.89 Å². The maximum atomic E-state index is 5.88. The van der Waals surface area contributed by atoms with Crippen LogP contribution in [0.5, 0.6) is 0 Å². The highest BCUT2D eigenvalue weighted by atomic mass is 17.3. The van der Waals surface area contributed by atoms with E-state index in [2.05, 4.69) is 25.7 Å². The van der Waals surface area contributed by atoms with Gasteiger partial charge in [0.2, 0.25) is 5.79 Å². The molecule has 1 saturated heterocycles. The van der Waals surface area contributed by atoms with Crippen molar-refractivity contribution in [3.05, 3.63) is 12.2 Å². The van der Waals surface area contributed by atoms with Crippen molar-refractivity contribution < 1.29 is 14.5 Å². The van der Waals surface area contributed by atoms with Gasteiger partial charge in [0.25, 0.3) is 0 Å². The van der Waals surface area contributed by atoms with Gasteiger partial charge in [0.05, 0.1) is 6.61 Å². The fourth-order valence-electron chi connectivity index (χ4n) is 2.10. The lowest BCUT2D eigenvalue weighted by molar-refractivity contribution is -0.515. The van der Waals surface area contributed by atoms with Crippen LogP contribution in [-0.4, -0.2) is 18.0 Å². The minimum absolute atomic E-state index is 0.172. The van der Waals surface area contributed by atoms with Crippen LogP contribution in [0.2, 0.25) is 0 Å². The summed E-state index contributed by atoms with van der Waals surface area (Å²) in [5, 5.41) is 0. The maximum Gasteiger partial charge on any atom is 0.226 e. The Labute approximate surface area is 103 Å². The average molecular weight is 236 g/mol. The molecule has 17 heavy (non-hydrogen) atoms. The molecule has 3 aliphatic rings. The summed E-state index contributed by atoms with van der Waals surface area (Å²) >= 11 is 0. The van der Waals surface area contributed by atoms with Crippen LogP contribution < -0.4 is 0 Å². The molecule has 2 bridgehead atoms. The standard InChI is InChI=1S/C14H20O3/c1-5-6-7-8-12(2,3)14-10-9-13(4,11-15-14)16-17-14/h9-10H,7-8,11H2,1-4H3. The van der Waals surface area contributed by atoms with Crippen molar-refractivity contribution in [1.29, 1.82) is 0 Å². The molecule has 0 amide bonds. The molecule has 0 aromatic carbocycles. The van der Waals surface area contributed by atoms with Gasteiger partial charge in [-0.05, 0) is 32.4 Å². The molecule has 0 radical (unpaired) electrons. The highest BCUT2D eigenvalue weighted by molar-refractivity contribution is 5.16. The third kappa shape index (κ3) is 2.13. The third-order valence-corrected chi connectivity index (χ3v) is 3.58. The van der Waals surface area contributed by atoms with Crippen molar-refractivity contribution in [1.82, 2.24) is 0 Å². The SMILES string of the molecule is CC#CCCC(C)(C)C12C=CC(C)(CO1)OO2. The molecule has 1 fully saturated rings. The van der Waals surface area contributed by atoms with Crippen LogP contribution in [0.1, 0.15) is 40.5 Å². The molecule has 0 saturated carbocycles. The predicted octanol–water partition coefficient (Wildman–Crippen LogP) is 2.82. The lowest BCUT2D eigenvalue weighted by Gasteiger charge is -2.51. The second-order valence-electron chi connectivity index (χ2n) is 5.58. The summed E-state index contributed by atoms with van der Waals surface area (Å²) < 4.78 is 5.88. The average Bonchev–Trinajstić information content (AvgIpc) is 2.30.